The summed E-state index contributed by atoms with van der Waals surface area (Å²) in [5, 5.41) is 9.31. The smallest absolute Gasteiger partial charge is 0.115 e. The largest absolute Gasteiger partial charge is 0.395 e. The molecule has 0 aliphatic carbocycles. The van der Waals surface area contributed by atoms with Gasteiger partial charge in [-0.15, -0.1) is 0 Å². The van der Waals surface area contributed by atoms with Crippen molar-refractivity contribution in [1.29, 1.82) is 0 Å². The van der Waals surface area contributed by atoms with Gasteiger partial charge in [-0.05, 0) is 24.1 Å². The van der Waals surface area contributed by atoms with Crippen LogP contribution < -0.4 is 0 Å². The van der Waals surface area contributed by atoms with Crippen LogP contribution in [0.3, 0.4) is 0 Å². The van der Waals surface area contributed by atoms with Crippen LogP contribution in [0.4, 0.5) is 0 Å². The Balaban J connectivity index is 2.52. The predicted octanol–water partition coefficient (Wildman–Crippen LogP) is 2.40. The highest BCUT2D eigenvalue weighted by Crippen LogP contribution is 2.23. The number of H-pyrrole nitrogens is 1. The first kappa shape index (κ1) is 11.1. The van der Waals surface area contributed by atoms with Gasteiger partial charge in [-0.25, -0.2) is 4.98 Å². The van der Waals surface area contributed by atoms with Gasteiger partial charge in [0.2, 0.25) is 0 Å². The van der Waals surface area contributed by atoms with Crippen molar-refractivity contribution >= 4 is 11.0 Å². The van der Waals surface area contributed by atoms with Gasteiger partial charge >= 0.3 is 0 Å². The fourth-order valence-corrected chi connectivity index (χ4v) is 1.67. The number of imidazole rings is 1. The number of aromatic nitrogens is 2. The predicted molar refractivity (Wildman–Crippen MR) is 65.6 cm³/mol. The number of nitrogens with one attached hydrogen (secondary N) is 1. The van der Waals surface area contributed by atoms with E-state index in [4.69, 9.17) is 0 Å². The van der Waals surface area contributed by atoms with E-state index in [-0.39, 0.29) is 12.0 Å². The molecule has 2 aromatic rings. The van der Waals surface area contributed by atoms with Crippen molar-refractivity contribution < 1.29 is 5.11 Å². The first-order valence-corrected chi connectivity index (χ1v) is 5.67. The Hall–Kier alpha value is -1.35. The van der Waals surface area contributed by atoms with E-state index in [1.807, 2.05) is 19.9 Å². The molecule has 0 aliphatic heterocycles. The Morgan fingerprint density at radius 2 is 2.12 bits per heavy atom. The maximum absolute atomic E-state index is 9.31. The zero-order valence-electron chi connectivity index (χ0n) is 10.0. The zero-order chi connectivity index (χ0) is 11.8. The highest BCUT2D eigenvalue weighted by molar-refractivity contribution is 5.76. The Morgan fingerprint density at radius 3 is 2.75 bits per heavy atom. The van der Waals surface area contributed by atoms with E-state index in [9.17, 15) is 5.11 Å². The standard InChI is InChI=1S/C13H18N2O/c1-4-9-5-6-10-11(7-9)15-12(14-10)13(2,3)8-16/h5-7,16H,4,8H2,1-3H3,(H,14,15). The van der Waals surface area contributed by atoms with Gasteiger partial charge in [0.1, 0.15) is 5.82 Å². The van der Waals surface area contributed by atoms with Gasteiger partial charge in [0.15, 0.2) is 0 Å². The quantitative estimate of drug-likeness (QED) is 0.831. The van der Waals surface area contributed by atoms with Crippen LogP contribution in [0.15, 0.2) is 18.2 Å². The van der Waals surface area contributed by atoms with Gasteiger partial charge in [0.25, 0.3) is 0 Å². The Labute approximate surface area is 95.5 Å². The van der Waals surface area contributed by atoms with E-state index in [1.165, 1.54) is 5.56 Å². The van der Waals surface area contributed by atoms with Crippen molar-refractivity contribution in [2.75, 3.05) is 6.61 Å². The monoisotopic (exact) mass is 218 g/mol. The van der Waals surface area contributed by atoms with Crippen LogP contribution >= 0.6 is 0 Å². The lowest BCUT2D eigenvalue weighted by Crippen LogP contribution is -2.23. The van der Waals surface area contributed by atoms with Crippen LogP contribution in [-0.4, -0.2) is 21.7 Å². The number of aliphatic hydroxyl groups is 1. The number of hydrogen-bond acceptors (Lipinski definition) is 2. The van der Waals surface area contributed by atoms with Gasteiger partial charge < -0.3 is 10.1 Å². The lowest BCUT2D eigenvalue weighted by Gasteiger charge is -2.17. The summed E-state index contributed by atoms with van der Waals surface area (Å²) in [7, 11) is 0. The third kappa shape index (κ3) is 1.83. The van der Waals surface area contributed by atoms with Crippen molar-refractivity contribution in [1.82, 2.24) is 9.97 Å². The molecule has 0 aliphatic rings. The van der Waals surface area contributed by atoms with Crippen molar-refractivity contribution in [3.05, 3.63) is 29.6 Å². The summed E-state index contributed by atoms with van der Waals surface area (Å²) >= 11 is 0. The number of fused-ring (bicyclic) bond motifs is 1. The number of aromatic amines is 1. The summed E-state index contributed by atoms with van der Waals surface area (Å²) in [6.07, 6.45) is 1.02. The Kier molecular flexibility index (Phi) is 2.72. The summed E-state index contributed by atoms with van der Waals surface area (Å²) in [5.74, 6) is 0.846. The van der Waals surface area contributed by atoms with Gasteiger partial charge in [-0.1, -0.05) is 26.8 Å². The summed E-state index contributed by atoms with van der Waals surface area (Å²) in [5.41, 5.74) is 3.00. The number of nitrogens with zero attached hydrogens (tertiary/aromatic N) is 1. The van der Waals surface area contributed by atoms with E-state index in [1.54, 1.807) is 0 Å². The molecule has 0 unspecified atom stereocenters. The fraction of sp³-hybridized carbons (Fsp3) is 0.462. The second-order valence-electron chi connectivity index (χ2n) is 4.83. The zero-order valence-corrected chi connectivity index (χ0v) is 10.0. The molecule has 1 aromatic carbocycles. The molecule has 0 fully saturated rings. The third-order valence-electron chi connectivity index (χ3n) is 2.99. The third-order valence-corrected chi connectivity index (χ3v) is 2.99. The van der Waals surface area contributed by atoms with E-state index in [0.29, 0.717) is 0 Å². The Bertz CT molecular complexity index is 500. The van der Waals surface area contributed by atoms with Crippen LogP contribution in [-0.2, 0) is 11.8 Å². The molecule has 1 heterocycles. The molecule has 0 saturated carbocycles. The van der Waals surface area contributed by atoms with Crippen LogP contribution in [0.1, 0.15) is 32.2 Å². The molecule has 86 valence electrons. The van der Waals surface area contributed by atoms with Crippen LogP contribution in [0, 0.1) is 0 Å². The molecule has 1 aromatic heterocycles. The van der Waals surface area contributed by atoms with Crippen LogP contribution in [0.5, 0.6) is 0 Å². The molecular weight excluding hydrogens is 200 g/mol. The van der Waals surface area contributed by atoms with Gasteiger partial charge in [0.05, 0.1) is 17.6 Å². The lowest BCUT2D eigenvalue weighted by molar-refractivity contribution is 0.213. The van der Waals surface area contributed by atoms with E-state index >= 15 is 0 Å². The number of hydrogen-bond donors (Lipinski definition) is 2. The molecule has 0 radical (unpaired) electrons. The maximum atomic E-state index is 9.31. The highest BCUT2D eigenvalue weighted by atomic mass is 16.3. The van der Waals surface area contributed by atoms with E-state index in [2.05, 4.69) is 29.0 Å². The van der Waals surface area contributed by atoms with Gasteiger partial charge in [-0.2, -0.15) is 0 Å². The second kappa shape index (κ2) is 3.91. The number of benzene rings is 1. The van der Waals surface area contributed by atoms with Gasteiger partial charge in [-0.3, -0.25) is 0 Å². The summed E-state index contributed by atoms with van der Waals surface area (Å²) in [4.78, 5) is 7.81. The molecule has 0 amide bonds. The van der Waals surface area contributed by atoms with Crippen molar-refractivity contribution in [3.63, 3.8) is 0 Å². The average molecular weight is 218 g/mol. The Morgan fingerprint density at radius 1 is 1.38 bits per heavy atom. The van der Waals surface area contributed by atoms with Crippen molar-refractivity contribution in [3.8, 4) is 0 Å². The first-order valence-electron chi connectivity index (χ1n) is 5.67. The SMILES string of the molecule is CCc1ccc2nc(C(C)(C)CO)[nH]c2c1. The van der Waals surface area contributed by atoms with Crippen molar-refractivity contribution in [2.24, 2.45) is 0 Å². The minimum atomic E-state index is -0.314. The first-order chi connectivity index (χ1) is 7.56. The van der Waals surface area contributed by atoms with E-state index in [0.717, 1.165) is 23.3 Å². The van der Waals surface area contributed by atoms with E-state index < -0.39 is 0 Å². The van der Waals surface area contributed by atoms with Gasteiger partial charge in [0, 0.05) is 5.41 Å². The molecule has 0 bridgehead atoms. The molecule has 3 nitrogen and oxygen atoms in total. The minimum Gasteiger partial charge on any atom is -0.395 e. The number of rotatable bonds is 3. The highest BCUT2D eigenvalue weighted by Gasteiger charge is 2.23. The molecule has 2 N–H and O–H groups in total. The van der Waals surface area contributed by atoms with Crippen LogP contribution in [0.25, 0.3) is 11.0 Å². The topological polar surface area (TPSA) is 48.9 Å². The summed E-state index contributed by atoms with van der Waals surface area (Å²) in [6.45, 7) is 6.18. The van der Waals surface area contributed by atoms with Crippen molar-refractivity contribution in [2.45, 2.75) is 32.6 Å². The fourth-order valence-electron chi connectivity index (χ4n) is 1.67. The molecule has 3 heteroatoms. The molecule has 0 spiro atoms. The normalized spacial score (nSPS) is 12.2. The molecule has 0 atom stereocenters. The second-order valence-corrected chi connectivity index (χ2v) is 4.83. The summed E-state index contributed by atoms with van der Waals surface area (Å²) in [6, 6.07) is 6.25. The number of aliphatic hydroxyl groups excluding tert-OH is 1. The molecule has 16 heavy (non-hydrogen) atoms. The minimum absolute atomic E-state index is 0.0907. The summed E-state index contributed by atoms with van der Waals surface area (Å²) < 4.78 is 0. The average Bonchev–Trinajstić information content (AvgIpc) is 2.72. The molecule has 0 saturated heterocycles. The van der Waals surface area contributed by atoms with Crippen LogP contribution in [0.2, 0.25) is 0 Å². The maximum Gasteiger partial charge on any atom is 0.115 e. The molecule has 2 rings (SSSR count). The number of aryl methyl sites for hydroxylation is 1. The molecular formula is C13H18N2O. The lowest BCUT2D eigenvalue weighted by atomic mass is 9.94.